The van der Waals surface area contributed by atoms with Crippen LogP contribution in [0.25, 0.3) is 0 Å². The molecule has 0 bridgehead atoms. The summed E-state index contributed by atoms with van der Waals surface area (Å²) in [6, 6.07) is 14.9. The second-order valence-electron chi connectivity index (χ2n) is 7.31. The van der Waals surface area contributed by atoms with Crippen LogP contribution in [0.5, 0.6) is 5.75 Å². The van der Waals surface area contributed by atoms with Gasteiger partial charge in [0.1, 0.15) is 5.75 Å². The first kappa shape index (κ1) is 21.3. The molecule has 6 heteroatoms. The molecule has 0 saturated carbocycles. The van der Waals surface area contributed by atoms with Crippen molar-refractivity contribution in [2.24, 2.45) is 5.92 Å². The van der Waals surface area contributed by atoms with E-state index in [1.807, 2.05) is 43.3 Å². The van der Waals surface area contributed by atoms with Gasteiger partial charge in [0.05, 0.1) is 11.7 Å². The van der Waals surface area contributed by atoms with Crippen molar-refractivity contribution in [3.8, 4) is 5.75 Å². The predicted octanol–water partition coefficient (Wildman–Crippen LogP) is 3.98. The van der Waals surface area contributed by atoms with Gasteiger partial charge in [-0.25, -0.2) is 4.79 Å². The Morgan fingerprint density at radius 1 is 1.07 bits per heavy atom. The van der Waals surface area contributed by atoms with E-state index in [9.17, 15) is 9.59 Å². The Bertz CT molecular complexity index is 804. The van der Waals surface area contributed by atoms with Gasteiger partial charge in [-0.05, 0) is 36.1 Å². The number of aryl methyl sites for hydroxylation is 1. The van der Waals surface area contributed by atoms with Crippen molar-refractivity contribution < 1.29 is 14.3 Å². The fourth-order valence-electron chi connectivity index (χ4n) is 2.72. The van der Waals surface area contributed by atoms with Gasteiger partial charge in [0.25, 0.3) is 5.91 Å². The van der Waals surface area contributed by atoms with Gasteiger partial charge in [-0.3, -0.25) is 4.79 Å². The maximum atomic E-state index is 12.6. The molecule has 2 aromatic carbocycles. The van der Waals surface area contributed by atoms with Crippen molar-refractivity contribution in [2.45, 2.75) is 26.8 Å². The normalized spacial score (nSPS) is 11.6. The molecule has 0 aliphatic carbocycles. The molecule has 150 valence electrons. The second-order valence-corrected chi connectivity index (χ2v) is 7.31. The van der Waals surface area contributed by atoms with Crippen LogP contribution in [0, 0.1) is 12.8 Å². The van der Waals surface area contributed by atoms with Gasteiger partial charge >= 0.3 is 6.03 Å². The number of nitrogens with one attached hydrogen (secondary N) is 2. The summed E-state index contributed by atoms with van der Waals surface area (Å²) < 4.78 is 5.65. The van der Waals surface area contributed by atoms with Crippen molar-refractivity contribution in [1.29, 1.82) is 0 Å². The van der Waals surface area contributed by atoms with Crippen LogP contribution in [0.3, 0.4) is 0 Å². The fourth-order valence-corrected chi connectivity index (χ4v) is 2.72. The number of carbonyl (C=O) groups excluding carboxylic acids is 2. The molecule has 0 aliphatic rings. The average molecular weight is 383 g/mol. The lowest BCUT2D eigenvalue weighted by Gasteiger charge is -2.23. The summed E-state index contributed by atoms with van der Waals surface area (Å²) in [5.74, 6) is 0.534. The Balaban J connectivity index is 2.11. The largest absolute Gasteiger partial charge is 0.482 e. The third-order valence-electron chi connectivity index (χ3n) is 4.35. The molecule has 2 N–H and O–H groups in total. The standard InChI is InChI=1S/C22H29N3O3/c1-15(2)21(17-9-7-6-8-10-17)24-22(27)23-18-12-11-16(3)13-19(18)28-14-20(26)25(4)5/h6-13,15,21H,14H2,1-5H3,(H2,23,24,27). The highest BCUT2D eigenvalue weighted by Gasteiger charge is 2.19. The van der Waals surface area contributed by atoms with Crippen LogP contribution in [0.15, 0.2) is 48.5 Å². The van der Waals surface area contributed by atoms with E-state index < -0.39 is 0 Å². The van der Waals surface area contributed by atoms with Crippen molar-refractivity contribution in [3.05, 3.63) is 59.7 Å². The van der Waals surface area contributed by atoms with E-state index in [0.29, 0.717) is 11.4 Å². The average Bonchev–Trinajstić information content (AvgIpc) is 2.66. The lowest BCUT2D eigenvalue weighted by atomic mass is 9.96. The van der Waals surface area contributed by atoms with Crippen LogP contribution in [-0.4, -0.2) is 37.5 Å². The number of urea groups is 1. The van der Waals surface area contributed by atoms with Gasteiger partial charge in [0.2, 0.25) is 0 Å². The lowest BCUT2D eigenvalue weighted by Crippen LogP contribution is -2.35. The van der Waals surface area contributed by atoms with Gasteiger partial charge < -0.3 is 20.3 Å². The number of nitrogens with zero attached hydrogens (tertiary/aromatic N) is 1. The summed E-state index contributed by atoms with van der Waals surface area (Å²) in [4.78, 5) is 25.9. The van der Waals surface area contributed by atoms with E-state index in [0.717, 1.165) is 11.1 Å². The van der Waals surface area contributed by atoms with E-state index in [4.69, 9.17) is 4.74 Å². The molecule has 6 nitrogen and oxygen atoms in total. The maximum absolute atomic E-state index is 12.6. The highest BCUT2D eigenvalue weighted by Crippen LogP contribution is 2.27. The summed E-state index contributed by atoms with van der Waals surface area (Å²) in [5.41, 5.74) is 2.54. The minimum atomic E-state index is -0.324. The van der Waals surface area contributed by atoms with Crippen LogP contribution < -0.4 is 15.4 Å². The smallest absolute Gasteiger partial charge is 0.319 e. The summed E-state index contributed by atoms with van der Waals surface area (Å²) in [7, 11) is 3.34. The monoisotopic (exact) mass is 383 g/mol. The topological polar surface area (TPSA) is 70.7 Å². The third-order valence-corrected chi connectivity index (χ3v) is 4.35. The van der Waals surface area contributed by atoms with Gasteiger partial charge in [0, 0.05) is 14.1 Å². The molecule has 0 aliphatic heterocycles. The number of carbonyl (C=O) groups is 2. The maximum Gasteiger partial charge on any atom is 0.319 e. The summed E-state index contributed by atoms with van der Waals surface area (Å²) in [5, 5.41) is 5.87. The first-order valence-electron chi connectivity index (χ1n) is 9.34. The van der Waals surface area contributed by atoms with Crippen molar-refractivity contribution in [1.82, 2.24) is 10.2 Å². The zero-order valence-corrected chi connectivity index (χ0v) is 17.2. The number of hydrogen-bond acceptors (Lipinski definition) is 3. The number of likely N-dealkylation sites (N-methyl/N-ethyl adjacent to an activating group) is 1. The van der Waals surface area contributed by atoms with E-state index in [-0.39, 0.29) is 30.5 Å². The molecule has 2 aromatic rings. The molecular formula is C22H29N3O3. The molecule has 0 saturated heterocycles. The SMILES string of the molecule is Cc1ccc(NC(=O)NC(c2ccccc2)C(C)C)c(OCC(=O)N(C)C)c1. The van der Waals surface area contributed by atoms with Crippen molar-refractivity contribution in [3.63, 3.8) is 0 Å². The molecule has 0 fully saturated rings. The molecule has 0 aromatic heterocycles. The molecule has 2 rings (SSSR count). The predicted molar refractivity (Wildman–Crippen MR) is 112 cm³/mol. The first-order chi connectivity index (χ1) is 13.3. The van der Waals surface area contributed by atoms with Gasteiger partial charge in [-0.15, -0.1) is 0 Å². The first-order valence-corrected chi connectivity index (χ1v) is 9.34. The highest BCUT2D eigenvalue weighted by molar-refractivity contribution is 5.91. The number of anilines is 1. The number of ether oxygens (including phenoxy) is 1. The molecule has 28 heavy (non-hydrogen) atoms. The van der Waals surface area contributed by atoms with E-state index >= 15 is 0 Å². The number of amides is 3. The number of rotatable bonds is 7. The Labute approximate surface area is 166 Å². The molecule has 0 radical (unpaired) electrons. The van der Waals surface area contributed by atoms with Gasteiger partial charge in [0.15, 0.2) is 6.61 Å². The van der Waals surface area contributed by atoms with Crippen LogP contribution in [-0.2, 0) is 4.79 Å². The quantitative estimate of drug-likeness (QED) is 0.760. The third kappa shape index (κ3) is 6.01. The minimum Gasteiger partial charge on any atom is -0.482 e. The van der Waals surface area contributed by atoms with Crippen LogP contribution in [0.2, 0.25) is 0 Å². The zero-order chi connectivity index (χ0) is 20.7. The Kier molecular flexibility index (Phi) is 7.44. The van der Waals surface area contributed by atoms with Crippen LogP contribution >= 0.6 is 0 Å². The Morgan fingerprint density at radius 2 is 1.75 bits per heavy atom. The van der Waals surface area contributed by atoms with Crippen LogP contribution in [0.1, 0.15) is 31.0 Å². The summed E-state index contributed by atoms with van der Waals surface area (Å²) in [6.45, 7) is 5.95. The summed E-state index contributed by atoms with van der Waals surface area (Å²) >= 11 is 0. The van der Waals surface area contributed by atoms with Crippen molar-refractivity contribution >= 4 is 17.6 Å². The number of benzene rings is 2. The highest BCUT2D eigenvalue weighted by atomic mass is 16.5. The molecular weight excluding hydrogens is 354 g/mol. The lowest BCUT2D eigenvalue weighted by molar-refractivity contribution is -0.130. The fraction of sp³-hybridized carbons (Fsp3) is 0.364. The Hall–Kier alpha value is -3.02. The van der Waals surface area contributed by atoms with Crippen molar-refractivity contribution in [2.75, 3.05) is 26.0 Å². The zero-order valence-electron chi connectivity index (χ0n) is 17.2. The molecule has 0 heterocycles. The molecule has 1 atom stereocenters. The van der Waals surface area contributed by atoms with E-state index in [2.05, 4.69) is 24.5 Å². The van der Waals surface area contributed by atoms with Gasteiger partial charge in [-0.2, -0.15) is 0 Å². The van der Waals surface area contributed by atoms with Gasteiger partial charge in [-0.1, -0.05) is 50.2 Å². The van der Waals surface area contributed by atoms with Crippen LogP contribution in [0.4, 0.5) is 10.5 Å². The summed E-state index contributed by atoms with van der Waals surface area (Å²) in [6.07, 6.45) is 0. The minimum absolute atomic E-state index is 0.0919. The second kappa shape index (κ2) is 9.78. The molecule has 3 amide bonds. The molecule has 0 spiro atoms. The number of hydrogen-bond donors (Lipinski definition) is 2. The Morgan fingerprint density at radius 3 is 2.36 bits per heavy atom. The van der Waals surface area contributed by atoms with E-state index in [1.54, 1.807) is 26.2 Å². The molecule has 1 unspecified atom stereocenters. The van der Waals surface area contributed by atoms with E-state index in [1.165, 1.54) is 4.90 Å².